The molecule has 1 aliphatic rings. The van der Waals surface area contributed by atoms with Crippen molar-refractivity contribution in [2.24, 2.45) is 0 Å². The zero-order valence-electron chi connectivity index (χ0n) is 8.81. The second-order valence-corrected chi connectivity index (χ2v) is 4.34. The Bertz CT molecular complexity index is 438. The molecule has 1 aromatic carbocycles. The summed E-state index contributed by atoms with van der Waals surface area (Å²) in [5.41, 5.74) is -0.295. The molecule has 1 aromatic rings. The molecule has 0 bridgehead atoms. The van der Waals surface area contributed by atoms with Gasteiger partial charge in [0, 0.05) is 23.7 Å². The van der Waals surface area contributed by atoms with Crippen LogP contribution < -0.4 is 10.6 Å². The van der Waals surface area contributed by atoms with Crippen LogP contribution in [0.4, 0.5) is 4.39 Å². The van der Waals surface area contributed by atoms with Crippen LogP contribution in [-0.2, 0) is 10.3 Å². The van der Waals surface area contributed by atoms with Gasteiger partial charge in [0.15, 0.2) is 0 Å². The van der Waals surface area contributed by atoms with Crippen molar-refractivity contribution < 1.29 is 9.18 Å². The first-order valence-electron chi connectivity index (χ1n) is 5.03. The molecule has 0 saturated carbocycles. The lowest BCUT2D eigenvalue weighted by molar-refractivity contribution is -0.128. The molecule has 0 aromatic heterocycles. The Morgan fingerprint density at radius 2 is 2.19 bits per heavy atom. The van der Waals surface area contributed by atoms with E-state index in [4.69, 9.17) is 11.6 Å². The normalized spacial score (nSPS) is 25.3. The van der Waals surface area contributed by atoms with E-state index in [-0.39, 0.29) is 10.9 Å². The minimum Gasteiger partial charge on any atom is -0.353 e. The number of hydrogen-bond donors (Lipinski definition) is 2. The average Bonchev–Trinajstić information content (AvgIpc) is 2.22. The van der Waals surface area contributed by atoms with Crippen LogP contribution in [0.3, 0.4) is 0 Å². The molecule has 1 amide bonds. The first kappa shape index (κ1) is 11.4. The van der Waals surface area contributed by atoms with Crippen LogP contribution in [0.5, 0.6) is 0 Å². The van der Waals surface area contributed by atoms with E-state index in [0.717, 1.165) is 0 Å². The van der Waals surface area contributed by atoms with E-state index in [0.29, 0.717) is 18.7 Å². The lowest BCUT2D eigenvalue weighted by Crippen LogP contribution is -2.59. The maximum absolute atomic E-state index is 12.9. The first-order chi connectivity index (χ1) is 7.54. The van der Waals surface area contributed by atoms with Crippen LogP contribution in [0.25, 0.3) is 0 Å². The molecule has 2 rings (SSSR count). The van der Waals surface area contributed by atoms with Crippen LogP contribution in [0, 0.1) is 5.82 Å². The van der Waals surface area contributed by atoms with Crippen LogP contribution in [-0.4, -0.2) is 19.0 Å². The number of carbonyl (C=O) groups is 1. The smallest absolute Gasteiger partial charge is 0.244 e. The molecule has 1 heterocycles. The number of halogens is 2. The summed E-state index contributed by atoms with van der Waals surface area (Å²) in [5, 5.41) is 6.12. The predicted octanol–water partition coefficient (Wildman–Crippen LogP) is 1.41. The van der Waals surface area contributed by atoms with E-state index in [9.17, 15) is 9.18 Å². The fourth-order valence-electron chi connectivity index (χ4n) is 1.86. The molecule has 0 spiro atoms. The third kappa shape index (κ3) is 1.79. The van der Waals surface area contributed by atoms with E-state index in [2.05, 4.69) is 10.6 Å². The van der Waals surface area contributed by atoms with Crippen LogP contribution in [0.2, 0.25) is 5.02 Å². The van der Waals surface area contributed by atoms with Gasteiger partial charge in [-0.3, -0.25) is 10.1 Å². The molecule has 1 aliphatic heterocycles. The summed E-state index contributed by atoms with van der Waals surface area (Å²) in [5.74, 6) is -0.555. The molecule has 16 heavy (non-hydrogen) atoms. The number of piperazine rings is 1. The molecule has 1 atom stereocenters. The molecule has 1 fully saturated rings. The number of amides is 1. The first-order valence-corrected chi connectivity index (χ1v) is 5.41. The third-order valence-electron chi connectivity index (χ3n) is 2.81. The van der Waals surface area contributed by atoms with E-state index in [1.165, 1.54) is 18.2 Å². The summed E-state index contributed by atoms with van der Waals surface area (Å²) in [6.45, 7) is 2.99. The van der Waals surface area contributed by atoms with Gasteiger partial charge < -0.3 is 5.32 Å². The van der Waals surface area contributed by atoms with Crippen molar-refractivity contribution in [1.82, 2.24) is 10.6 Å². The summed E-state index contributed by atoms with van der Waals surface area (Å²) in [6, 6.07) is 4.05. The molecular weight excluding hydrogens is 231 g/mol. The van der Waals surface area contributed by atoms with Crippen molar-refractivity contribution in [1.29, 1.82) is 0 Å². The Kier molecular flexibility index (Phi) is 2.86. The highest BCUT2D eigenvalue weighted by atomic mass is 35.5. The molecule has 0 aliphatic carbocycles. The Balaban J connectivity index is 2.45. The minimum atomic E-state index is -0.886. The van der Waals surface area contributed by atoms with Gasteiger partial charge in [-0.05, 0) is 19.1 Å². The maximum Gasteiger partial charge on any atom is 0.244 e. The zero-order chi connectivity index (χ0) is 11.8. The fraction of sp³-hybridized carbons (Fsp3) is 0.364. The standard InChI is InChI=1S/C11H12ClFN2O/c1-11(10(16)14-4-5-15-11)8-3-2-7(13)6-9(8)12/h2-3,6,15H,4-5H2,1H3,(H,14,16). The summed E-state index contributed by atoms with van der Waals surface area (Å²) in [6.07, 6.45) is 0. The monoisotopic (exact) mass is 242 g/mol. The Morgan fingerprint density at radius 1 is 1.44 bits per heavy atom. The van der Waals surface area contributed by atoms with Gasteiger partial charge in [-0.25, -0.2) is 4.39 Å². The van der Waals surface area contributed by atoms with Crippen LogP contribution >= 0.6 is 11.6 Å². The lowest BCUT2D eigenvalue weighted by atomic mass is 9.89. The van der Waals surface area contributed by atoms with Gasteiger partial charge in [-0.1, -0.05) is 17.7 Å². The number of benzene rings is 1. The molecule has 1 saturated heterocycles. The van der Waals surface area contributed by atoms with Gasteiger partial charge in [-0.15, -0.1) is 0 Å². The van der Waals surface area contributed by atoms with Crippen molar-refractivity contribution >= 4 is 17.5 Å². The summed E-state index contributed by atoms with van der Waals surface area (Å²) in [4.78, 5) is 11.8. The van der Waals surface area contributed by atoms with E-state index in [1.807, 2.05) is 0 Å². The van der Waals surface area contributed by atoms with Gasteiger partial charge in [0.05, 0.1) is 0 Å². The molecule has 1 unspecified atom stereocenters. The fourth-order valence-corrected chi connectivity index (χ4v) is 2.21. The quantitative estimate of drug-likeness (QED) is 0.782. The van der Waals surface area contributed by atoms with Crippen molar-refractivity contribution in [3.05, 3.63) is 34.6 Å². The van der Waals surface area contributed by atoms with E-state index < -0.39 is 11.4 Å². The Hall–Kier alpha value is -1.13. The number of carbonyl (C=O) groups excluding carboxylic acids is 1. The largest absolute Gasteiger partial charge is 0.353 e. The van der Waals surface area contributed by atoms with Crippen LogP contribution in [0.1, 0.15) is 12.5 Å². The van der Waals surface area contributed by atoms with Crippen molar-refractivity contribution in [2.45, 2.75) is 12.5 Å². The predicted molar refractivity (Wildman–Crippen MR) is 59.8 cm³/mol. The van der Waals surface area contributed by atoms with Crippen molar-refractivity contribution in [2.75, 3.05) is 13.1 Å². The molecule has 3 nitrogen and oxygen atoms in total. The summed E-state index contributed by atoms with van der Waals surface area (Å²) in [7, 11) is 0. The van der Waals surface area contributed by atoms with Gasteiger partial charge in [-0.2, -0.15) is 0 Å². The molecule has 0 radical (unpaired) electrons. The number of rotatable bonds is 1. The second-order valence-electron chi connectivity index (χ2n) is 3.93. The van der Waals surface area contributed by atoms with Crippen LogP contribution in [0.15, 0.2) is 18.2 Å². The summed E-state index contributed by atoms with van der Waals surface area (Å²) < 4.78 is 12.9. The van der Waals surface area contributed by atoms with Gasteiger partial charge >= 0.3 is 0 Å². The average molecular weight is 243 g/mol. The zero-order valence-corrected chi connectivity index (χ0v) is 9.57. The highest BCUT2D eigenvalue weighted by Gasteiger charge is 2.38. The molecule has 86 valence electrons. The maximum atomic E-state index is 12.9. The van der Waals surface area contributed by atoms with E-state index >= 15 is 0 Å². The molecular formula is C11H12ClFN2O. The number of hydrogen-bond acceptors (Lipinski definition) is 2. The van der Waals surface area contributed by atoms with E-state index in [1.54, 1.807) is 6.92 Å². The van der Waals surface area contributed by atoms with Gasteiger partial charge in [0.2, 0.25) is 5.91 Å². The van der Waals surface area contributed by atoms with Crippen molar-refractivity contribution in [3.63, 3.8) is 0 Å². The lowest BCUT2D eigenvalue weighted by Gasteiger charge is -2.34. The highest BCUT2D eigenvalue weighted by Crippen LogP contribution is 2.29. The molecule has 2 N–H and O–H groups in total. The number of nitrogens with one attached hydrogen (secondary N) is 2. The van der Waals surface area contributed by atoms with Crippen molar-refractivity contribution in [3.8, 4) is 0 Å². The van der Waals surface area contributed by atoms with Gasteiger partial charge in [0.25, 0.3) is 0 Å². The minimum absolute atomic E-state index is 0.146. The summed E-state index contributed by atoms with van der Waals surface area (Å²) >= 11 is 5.96. The Labute approximate surface area is 98.0 Å². The topological polar surface area (TPSA) is 41.1 Å². The highest BCUT2D eigenvalue weighted by molar-refractivity contribution is 6.31. The SMILES string of the molecule is CC1(c2ccc(F)cc2Cl)NCCNC1=O. The third-order valence-corrected chi connectivity index (χ3v) is 3.13. The molecule has 5 heteroatoms. The Morgan fingerprint density at radius 3 is 2.81 bits per heavy atom. The van der Waals surface area contributed by atoms with Gasteiger partial charge in [0.1, 0.15) is 11.4 Å². The second kappa shape index (κ2) is 4.03.